The second-order valence-corrected chi connectivity index (χ2v) is 7.15. The Bertz CT molecular complexity index is 753. The van der Waals surface area contributed by atoms with Crippen LogP contribution in [0.25, 0.3) is 0 Å². The number of carbonyl (C=O) groups is 1. The fraction of sp³-hybridized carbons (Fsp3) is 0.0667. The molecule has 5 nitrogen and oxygen atoms in total. The third-order valence-electron chi connectivity index (χ3n) is 2.65. The van der Waals surface area contributed by atoms with Crippen LogP contribution in [0.4, 0.5) is 0 Å². The highest BCUT2D eigenvalue weighted by molar-refractivity contribution is 14.1. The van der Waals surface area contributed by atoms with Crippen molar-refractivity contribution < 1.29 is 14.6 Å². The van der Waals surface area contributed by atoms with Crippen LogP contribution in [0.15, 0.2) is 41.5 Å². The van der Waals surface area contributed by atoms with Gasteiger partial charge in [-0.25, -0.2) is 5.43 Å². The Balaban J connectivity index is 1.91. The van der Waals surface area contributed by atoms with Crippen LogP contribution in [0.5, 0.6) is 11.5 Å². The molecule has 2 N–H and O–H groups in total. The van der Waals surface area contributed by atoms with Gasteiger partial charge in [0.2, 0.25) is 0 Å². The monoisotopic (exact) mass is 556 g/mol. The summed E-state index contributed by atoms with van der Waals surface area (Å²) in [4.78, 5) is 11.7. The number of ether oxygens (including phenoxy) is 1. The first-order chi connectivity index (χ1) is 11.0. The molecule has 0 bridgehead atoms. The van der Waals surface area contributed by atoms with Gasteiger partial charge in [0.15, 0.2) is 6.61 Å². The zero-order valence-electron chi connectivity index (χ0n) is 11.6. The number of nitrogens with one attached hydrogen (secondary N) is 1. The Labute approximate surface area is 165 Å². The standard InChI is InChI=1S/C15H11ClI2N2O3/c16-11-3-1-2-4-13(11)23-8-14(21)20-19-7-9-5-10(17)6-12(18)15(9)22/h1-7,22H,8H2,(H,20,21)/b19-7-. The van der Waals surface area contributed by atoms with Crippen LogP contribution in [0, 0.1) is 7.14 Å². The van der Waals surface area contributed by atoms with Crippen molar-refractivity contribution in [2.45, 2.75) is 0 Å². The van der Waals surface area contributed by atoms with Crippen LogP contribution in [-0.2, 0) is 4.79 Å². The number of para-hydroxylation sites is 1. The molecule has 0 aliphatic rings. The lowest BCUT2D eigenvalue weighted by atomic mass is 10.2. The Morgan fingerprint density at radius 3 is 2.83 bits per heavy atom. The molecule has 0 aromatic heterocycles. The highest BCUT2D eigenvalue weighted by atomic mass is 127. The molecule has 0 heterocycles. The minimum Gasteiger partial charge on any atom is -0.506 e. The van der Waals surface area contributed by atoms with Crippen LogP contribution in [0.1, 0.15) is 5.56 Å². The maximum atomic E-state index is 11.7. The second-order valence-electron chi connectivity index (χ2n) is 4.34. The molecule has 8 heteroatoms. The van der Waals surface area contributed by atoms with E-state index in [1.807, 2.05) is 28.7 Å². The molecule has 0 aliphatic heterocycles. The third kappa shape index (κ3) is 5.50. The number of hydrogen-bond donors (Lipinski definition) is 2. The Morgan fingerprint density at radius 1 is 1.35 bits per heavy atom. The molecule has 0 unspecified atom stereocenters. The van der Waals surface area contributed by atoms with Gasteiger partial charge in [-0.05, 0) is 69.4 Å². The lowest BCUT2D eigenvalue weighted by molar-refractivity contribution is -0.123. The maximum absolute atomic E-state index is 11.7. The van der Waals surface area contributed by atoms with E-state index in [0.717, 1.165) is 3.57 Å². The van der Waals surface area contributed by atoms with Gasteiger partial charge in [0, 0.05) is 9.13 Å². The summed E-state index contributed by atoms with van der Waals surface area (Å²) in [5.41, 5.74) is 2.86. The van der Waals surface area contributed by atoms with Crippen molar-refractivity contribution >= 4 is 68.9 Å². The number of nitrogens with zero attached hydrogens (tertiary/aromatic N) is 1. The quantitative estimate of drug-likeness (QED) is 0.335. The number of phenolic OH excluding ortho intramolecular Hbond substituents is 1. The van der Waals surface area contributed by atoms with E-state index in [1.165, 1.54) is 6.21 Å². The minimum atomic E-state index is -0.430. The van der Waals surface area contributed by atoms with Crippen molar-refractivity contribution in [3.63, 3.8) is 0 Å². The summed E-state index contributed by atoms with van der Waals surface area (Å²) in [6.45, 7) is -0.211. The van der Waals surface area contributed by atoms with Gasteiger partial charge >= 0.3 is 0 Å². The van der Waals surface area contributed by atoms with Crippen LogP contribution in [-0.4, -0.2) is 23.8 Å². The lowest BCUT2D eigenvalue weighted by Crippen LogP contribution is -2.24. The van der Waals surface area contributed by atoms with Gasteiger partial charge in [-0.2, -0.15) is 5.10 Å². The van der Waals surface area contributed by atoms with Gasteiger partial charge < -0.3 is 9.84 Å². The first kappa shape index (κ1) is 18.3. The van der Waals surface area contributed by atoms with E-state index >= 15 is 0 Å². The predicted molar refractivity (Wildman–Crippen MR) is 106 cm³/mol. The average molecular weight is 557 g/mol. The Hall–Kier alpha value is -1.07. The molecule has 0 atom stereocenters. The fourth-order valence-electron chi connectivity index (χ4n) is 1.60. The van der Waals surface area contributed by atoms with E-state index in [2.05, 4.69) is 33.1 Å². The summed E-state index contributed by atoms with van der Waals surface area (Å²) in [7, 11) is 0. The van der Waals surface area contributed by atoms with E-state index in [1.54, 1.807) is 30.3 Å². The number of amides is 1. The van der Waals surface area contributed by atoms with E-state index < -0.39 is 5.91 Å². The van der Waals surface area contributed by atoms with Gasteiger partial charge in [0.1, 0.15) is 11.5 Å². The SMILES string of the molecule is O=C(COc1ccccc1Cl)N/N=C\c1cc(I)cc(I)c1O. The van der Waals surface area contributed by atoms with E-state index in [4.69, 9.17) is 16.3 Å². The van der Waals surface area contributed by atoms with Gasteiger partial charge in [-0.3, -0.25) is 4.79 Å². The molecule has 120 valence electrons. The molecule has 2 aromatic rings. The average Bonchev–Trinajstić information content (AvgIpc) is 2.51. The Kier molecular flexibility index (Phi) is 6.90. The van der Waals surface area contributed by atoms with Crippen LogP contribution in [0.3, 0.4) is 0 Å². The third-order valence-corrected chi connectivity index (χ3v) is 4.40. The number of halogens is 3. The summed E-state index contributed by atoms with van der Waals surface area (Å²) >= 11 is 10.1. The molecule has 0 radical (unpaired) electrons. The molecule has 0 fully saturated rings. The van der Waals surface area contributed by atoms with E-state index in [0.29, 0.717) is 19.9 Å². The summed E-state index contributed by atoms with van der Waals surface area (Å²) in [6, 6.07) is 10.5. The minimum absolute atomic E-state index is 0.122. The molecule has 1 amide bonds. The number of hydrogen-bond acceptors (Lipinski definition) is 4. The van der Waals surface area contributed by atoms with E-state index in [-0.39, 0.29) is 12.4 Å². The van der Waals surface area contributed by atoms with Crippen LogP contribution >= 0.6 is 56.8 Å². The molecule has 23 heavy (non-hydrogen) atoms. The number of carbonyl (C=O) groups excluding carboxylic acids is 1. The maximum Gasteiger partial charge on any atom is 0.277 e. The van der Waals surface area contributed by atoms with Crippen molar-refractivity contribution in [3.8, 4) is 11.5 Å². The smallest absolute Gasteiger partial charge is 0.277 e. The summed E-state index contributed by atoms with van der Waals surface area (Å²) in [6.07, 6.45) is 1.38. The molecule has 0 aliphatic carbocycles. The molecular weight excluding hydrogens is 545 g/mol. The molecule has 0 spiro atoms. The second kappa shape index (κ2) is 8.69. The van der Waals surface area contributed by atoms with E-state index in [9.17, 15) is 9.90 Å². The van der Waals surface area contributed by atoms with Crippen LogP contribution < -0.4 is 10.2 Å². The number of phenols is 1. The largest absolute Gasteiger partial charge is 0.506 e. The molecule has 0 saturated heterocycles. The van der Waals surface area contributed by atoms with Crippen LogP contribution in [0.2, 0.25) is 5.02 Å². The first-order valence-electron chi connectivity index (χ1n) is 6.34. The van der Waals surface area contributed by atoms with Crippen molar-refractivity contribution in [2.24, 2.45) is 5.10 Å². The zero-order valence-corrected chi connectivity index (χ0v) is 16.7. The predicted octanol–water partition coefficient (Wildman–Crippen LogP) is 3.78. The highest BCUT2D eigenvalue weighted by Crippen LogP contribution is 2.25. The van der Waals surface area contributed by atoms with Crippen molar-refractivity contribution in [1.82, 2.24) is 5.43 Å². The molecule has 2 rings (SSSR count). The van der Waals surface area contributed by atoms with Crippen molar-refractivity contribution in [3.05, 3.63) is 54.1 Å². The van der Waals surface area contributed by atoms with Gasteiger partial charge in [-0.1, -0.05) is 23.7 Å². The summed E-state index contributed by atoms with van der Waals surface area (Å²) in [5.74, 6) is 0.121. The number of rotatable bonds is 5. The zero-order chi connectivity index (χ0) is 16.8. The first-order valence-corrected chi connectivity index (χ1v) is 8.88. The van der Waals surface area contributed by atoms with Crippen molar-refractivity contribution in [2.75, 3.05) is 6.61 Å². The fourth-order valence-corrected chi connectivity index (χ4v) is 3.68. The molecule has 2 aromatic carbocycles. The van der Waals surface area contributed by atoms with Gasteiger partial charge in [0.25, 0.3) is 5.91 Å². The number of benzene rings is 2. The summed E-state index contributed by atoms with van der Waals surface area (Å²) < 4.78 is 6.96. The lowest BCUT2D eigenvalue weighted by Gasteiger charge is -2.06. The van der Waals surface area contributed by atoms with Gasteiger partial charge in [-0.15, -0.1) is 0 Å². The van der Waals surface area contributed by atoms with Gasteiger partial charge in [0.05, 0.1) is 14.8 Å². The molecular formula is C15H11ClI2N2O3. The molecule has 0 saturated carbocycles. The summed E-state index contributed by atoms with van der Waals surface area (Å²) in [5, 5.41) is 14.2. The number of hydrazone groups is 1. The highest BCUT2D eigenvalue weighted by Gasteiger charge is 2.06. The Morgan fingerprint density at radius 2 is 2.09 bits per heavy atom. The topological polar surface area (TPSA) is 70.9 Å². The number of aromatic hydroxyl groups is 1. The normalized spacial score (nSPS) is 10.7. The van der Waals surface area contributed by atoms with Crippen molar-refractivity contribution in [1.29, 1.82) is 0 Å².